The molecule has 1 amide bonds. The van der Waals surface area contributed by atoms with Crippen LogP contribution < -0.4 is 10.1 Å². The zero-order valence-electron chi connectivity index (χ0n) is 12.2. The number of sulfone groups is 1. The molecule has 1 atom stereocenters. The normalized spacial score (nSPS) is 20.1. The Bertz CT molecular complexity index is 597. The van der Waals surface area contributed by atoms with Gasteiger partial charge in [0.15, 0.2) is 9.84 Å². The molecule has 0 aliphatic carbocycles. The fourth-order valence-electron chi connectivity index (χ4n) is 2.39. The van der Waals surface area contributed by atoms with Crippen LogP contribution in [0.2, 0.25) is 0 Å². The van der Waals surface area contributed by atoms with Crippen LogP contribution in [0.1, 0.15) is 26.2 Å². The van der Waals surface area contributed by atoms with Gasteiger partial charge in [0.2, 0.25) is 5.91 Å². The Morgan fingerprint density at radius 1 is 1.43 bits per heavy atom. The highest BCUT2D eigenvalue weighted by atomic mass is 32.2. The third-order valence-electron chi connectivity index (χ3n) is 3.39. The molecule has 1 aliphatic heterocycles. The van der Waals surface area contributed by atoms with Crippen LogP contribution >= 0.6 is 0 Å². The van der Waals surface area contributed by atoms with Crippen LogP contribution in [0, 0.1) is 5.92 Å². The molecule has 6 heteroatoms. The molecule has 1 unspecified atom stereocenters. The largest absolute Gasteiger partial charge is 0.494 e. The van der Waals surface area contributed by atoms with Crippen molar-refractivity contribution >= 4 is 21.4 Å². The highest BCUT2D eigenvalue weighted by Crippen LogP contribution is 2.23. The van der Waals surface area contributed by atoms with Crippen molar-refractivity contribution in [3.05, 3.63) is 24.3 Å². The van der Waals surface area contributed by atoms with Gasteiger partial charge in [0.1, 0.15) is 5.75 Å². The van der Waals surface area contributed by atoms with Gasteiger partial charge in [-0.1, -0.05) is 13.0 Å². The summed E-state index contributed by atoms with van der Waals surface area (Å²) in [5.41, 5.74) is 0.675. The predicted octanol–water partition coefficient (Wildman–Crippen LogP) is 2.24. The van der Waals surface area contributed by atoms with Crippen LogP contribution in [-0.4, -0.2) is 32.4 Å². The lowest BCUT2D eigenvalue weighted by atomic mass is 10.1. The Morgan fingerprint density at radius 2 is 2.24 bits per heavy atom. The molecule has 0 aromatic heterocycles. The second-order valence-corrected chi connectivity index (χ2v) is 7.63. The van der Waals surface area contributed by atoms with Gasteiger partial charge in [-0.2, -0.15) is 0 Å². The van der Waals surface area contributed by atoms with Gasteiger partial charge in [-0.15, -0.1) is 0 Å². The van der Waals surface area contributed by atoms with Gasteiger partial charge in [0.05, 0.1) is 18.1 Å². The minimum atomic E-state index is -2.93. The molecule has 2 rings (SSSR count). The van der Waals surface area contributed by atoms with E-state index in [4.69, 9.17) is 4.74 Å². The maximum Gasteiger partial charge on any atom is 0.224 e. The van der Waals surface area contributed by atoms with E-state index >= 15 is 0 Å². The molecule has 0 saturated carbocycles. The van der Waals surface area contributed by atoms with Crippen molar-refractivity contribution in [2.75, 3.05) is 23.4 Å². The molecule has 0 bridgehead atoms. The second-order valence-electron chi connectivity index (χ2n) is 5.40. The summed E-state index contributed by atoms with van der Waals surface area (Å²) in [6.07, 6.45) is 1.75. The topological polar surface area (TPSA) is 72.5 Å². The lowest BCUT2D eigenvalue weighted by molar-refractivity contribution is -0.116. The van der Waals surface area contributed by atoms with Gasteiger partial charge in [-0.3, -0.25) is 4.79 Å². The van der Waals surface area contributed by atoms with Crippen molar-refractivity contribution in [3.63, 3.8) is 0 Å². The number of rotatable bonds is 6. The van der Waals surface area contributed by atoms with Gasteiger partial charge >= 0.3 is 0 Å². The summed E-state index contributed by atoms with van der Waals surface area (Å²) in [5.74, 6) is 0.836. The van der Waals surface area contributed by atoms with E-state index < -0.39 is 9.84 Å². The number of ether oxygens (including phenoxy) is 1. The first-order chi connectivity index (χ1) is 9.98. The number of carbonyl (C=O) groups is 1. The number of hydrogen-bond acceptors (Lipinski definition) is 4. The van der Waals surface area contributed by atoms with Gasteiger partial charge in [-0.25, -0.2) is 8.42 Å². The fraction of sp³-hybridized carbons (Fsp3) is 0.533. The average Bonchev–Trinajstić information content (AvgIpc) is 2.75. The highest BCUT2D eigenvalue weighted by Gasteiger charge is 2.29. The SMILES string of the molecule is CCCOc1cccc(NC(=O)CC2CCS(=O)(=O)C2)c1. The predicted molar refractivity (Wildman–Crippen MR) is 82.2 cm³/mol. The smallest absolute Gasteiger partial charge is 0.224 e. The monoisotopic (exact) mass is 311 g/mol. The summed E-state index contributed by atoms with van der Waals surface area (Å²) in [6, 6.07) is 7.23. The number of nitrogens with one attached hydrogen (secondary N) is 1. The molecule has 5 nitrogen and oxygen atoms in total. The van der Waals surface area contributed by atoms with E-state index in [1.54, 1.807) is 12.1 Å². The van der Waals surface area contributed by atoms with Crippen LogP contribution in [-0.2, 0) is 14.6 Å². The standard InChI is InChI=1S/C15H21NO4S/c1-2-7-20-14-5-3-4-13(10-14)16-15(17)9-12-6-8-21(18,19)11-12/h3-5,10,12H,2,6-9,11H2,1H3,(H,16,17). The van der Waals surface area contributed by atoms with E-state index in [-0.39, 0.29) is 29.8 Å². The molecule has 116 valence electrons. The summed E-state index contributed by atoms with van der Waals surface area (Å²) >= 11 is 0. The molecular weight excluding hydrogens is 290 g/mol. The minimum Gasteiger partial charge on any atom is -0.494 e. The maximum atomic E-state index is 12.0. The Kier molecular flexibility index (Phi) is 5.22. The van der Waals surface area contributed by atoms with Gasteiger partial charge in [0.25, 0.3) is 0 Å². The number of hydrogen-bond donors (Lipinski definition) is 1. The van der Waals surface area contributed by atoms with Gasteiger partial charge in [0, 0.05) is 18.2 Å². The Labute approximate surface area is 125 Å². The van der Waals surface area contributed by atoms with E-state index in [0.29, 0.717) is 18.7 Å². The van der Waals surface area contributed by atoms with E-state index in [9.17, 15) is 13.2 Å². The second kappa shape index (κ2) is 6.93. The zero-order valence-corrected chi connectivity index (χ0v) is 13.0. The van der Waals surface area contributed by atoms with Crippen molar-refractivity contribution in [1.82, 2.24) is 0 Å². The van der Waals surface area contributed by atoms with Crippen molar-refractivity contribution in [2.24, 2.45) is 5.92 Å². The van der Waals surface area contributed by atoms with Crippen LogP contribution in [0.3, 0.4) is 0 Å². The average molecular weight is 311 g/mol. The Hall–Kier alpha value is -1.56. The summed E-state index contributed by atoms with van der Waals surface area (Å²) in [6.45, 7) is 2.67. The van der Waals surface area contributed by atoms with E-state index in [1.807, 2.05) is 19.1 Å². The van der Waals surface area contributed by atoms with Crippen LogP contribution in [0.15, 0.2) is 24.3 Å². The fourth-order valence-corrected chi connectivity index (χ4v) is 4.25. The molecule has 1 aliphatic rings. The molecule has 0 radical (unpaired) electrons. The third kappa shape index (κ3) is 5.04. The van der Waals surface area contributed by atoms with Crippen molar-refractivity contribution in [3.8, 4) is 5.75 Å². The number of anilines is 1. The molecule has 1 N–H and O–H groups in total. The number of amides is 1. The summed E-state index contributed by atoms with van der Waals surface area (Å²) in [4.78, 5) is 12.0. The molecule has 1 heterocycles. The Morgan fingerprint density at radius 3 is 2.90 bits per heavy atom. The number of carbonyl (C=O) groups excluding carboxylic acids is 1. The minimum absolute atomic E-state index is 0.0606. The molecule has 1 fully saturated rings. The highest BCUT2D eigenvalue weighted by molar-refractivity contribution is 7.91. The molecule has 1 saturated heterocycles. The summed E-state index contributed by atoms with van der Waals surface area (Å²) in [7, 11) is -2.93. The van der Waals surface area contributed by atoms with Crippen molar-refractivity contribution < 1.29 is 17.9 Å². The molecular formula is C15H21NO4S. The molecule has 1 aromatic rings. The van der Waals surface area contributed by atoms with Crippen molar-refractivity contribution in [2.45, 2.75) is 26.2 Å². The van der Waals surface area contributed by atoms with E-state index in [1.165, 1.54) is 0 Å². The van der Waals surface area contributed by atoms with Crippen LogP contribution in [0.4, 0.5) is 5.69 Å². The molecule has 0 spiro atoms. The molecule has 1 aromatic carbocycles. The number of benzene rings is 1. The van der Waals surface area contributed by atoms with Crippen LogP contribution in [0.25, 0.3) is 0 Å². The van der Waals surface area contributed by atoms with Gasteiger partial charge in [-0.05, 0) is 30.9 Å². The lowest BCUT2D eigenvalue weighted by Crippen LogP contribution is -2.17. The quantitative estimate of drug-likeness (QED) is 0.874. The van der Waals surface area contributed by atoms with E-state index in [2.05, 4.69) is 5.32 Å². The lowest BCUT2D eigenvalue weighted by Gasteiger charge is -2.10. The maximum absolute atomic E-state index is 12.0. The van der Waals surface area contributed by atoms with Crippen molar-refractivity contribution in [1.29, 1.82) is 0 Å². The summed E-state index contributed by atoms with van der Waals surface area (Å²) < 4.78 is 28.3. The first-order valence-corrected chi connectivity index (χ1v) is 9.04. The Balaban J connectivity index is 1.88. The van der Waals surface area contributed by atoms with Crippen LogP contribution in [0.5, 0.6) is 5.75 Å². The third-order valence-corrected chi connectivity index (χ3v) is 5.23. The molecule has 21 heavy (non-hydrogen) atoms. The first kappa shape index (κ1) is 15.8. The van der Waals surface area contributed by atoms with E-state index in [0.717, 1.165) is 12.2 Å². The van der Waals surface area contributed by atoms with Gasteiger partial charge < -0.3 is 10.1 Å². The summed E-state index contributed by atoms with van der Waals surface area (Å²) in [5, 5.41) is 2.80. The zero-order chi connectivity index (χ0) is 15.3. The first-order valence-electron chi connectivity index (χ1n) is 7.21.